The number of benzene rings is 1. The smallest absolute Gasteiger partial charge is 0.122 e. The van der Waals surface area contributed by atoms with Crippen molar-refractivity contribution in [3.05, 3.63) is 29.3 Å². The Balaban J connectivity index is 1.85. The molecule has 0 spiro atoms. The summed E-state index contributed by atoms with van der Waals surface area (Å²) in [6.45, 7) is 4.89. The molecule has 0 saturated carbocycles. The summed E-state index contributed by atoms with van der Waals surface area (Å²) in [6.07, 6.45) is 7.84. The van der Waals surface area contributed by atoms with Gasteiger partial charge in [0, 0.05) is 6.04 Å². The predicted molar refractivity (Wildman–Crippen MR) is 83.6 cm³/mol. The van der Waals surface area contributed by atoms with E-state index < -0.39 is 0 Å². The van der Waals surface area contributed by atoms with E-state index in [1.54, 1.807) is 12.7 Å². The van der Waals surface area contributed by atoms with E-state index in [2.05, 4.69) is 30.0 Å². The molecule has 2 aliphatic rings. The molecule has 1 aromatic rings. The van der Waals surface area contributed by atoms with Gasteiger partial charge in [-0.2, -0.15) is 0 Å². The van der Waals surface area contributed by atoms with E-state index >= 15 is 0 Å². The van der Waals surface area contributed by atoms with Crippen molar-refractivity contribution in [1.29, 1.82) is 0 Å². The highest BCUT2D eigenvalue weighted by molar-refractivity contribution is 5.44. The molecule has 0 radical (unpaired) electrons. The van der Waals surface area contributed by atoms with Crippen LogP contribution < -0.4 is 4.74 Å². The number of hydrogen-bond donors (Lipinski definition) is 0. The molecular formula is C18H27NO. The summed E-state index contributed by atoms with van der Waals surface area (Å²) < 4.78 is 5.57. The van der Waals surface area contributed by atoms with Crippen molar-refractivity contribution in [3.63, 3.8) is 0 Å². The number of ether oxygens (including phenoxy) is 1. The van der Waals surface area contributed by atoms with Crippen LogP contribution in [-0.2, 0) is 6.42 Å². The third-order valence-electron chi connectivity index (χ3n) is 5.17. The fraction of sp³-hybridized carbons (Fsp3) is 0.667. The Morgan fingerprint density at radius 1 is 1.30 bits per heavy atom. The normalized spacial score (nSPS) is 25.9. The molecule has 0 unspecified atom stereocenters. The molecule has 20 heavy (non-hydrogen) atoms. The van der Waals surface area contributed by atoms with Gasteiger partial charge in [-0.25, -0.2) is 0 Å². The third kappa shape index (κ3) is 2.46. The van der Waals surface area contributed by atoms with Gasteiger partial charge in [-0.05, 0) is 68.3 Å². The molecule has 2 atom stereocenters. The van der Waals surface area contributed by atoms with Gasteiger partial charge in [0.05, 0.1) is 7.11 Å². The number of likely N-dealkylation sites (tertiary alicyclic amines) is 1. The van der Waals surface area contributed by atoms with Crippen LogP contribution in [-0.4, -0.2) is 31.1 Å². The van der Waals surface area contributed by atoms with Crippen molar-refractivity contribution in [1.82, 2.24) is 4.90 Å². The Morgan fingerprint density at radius 2 is 2.20 bits per heavy atom. The van der Waals surface area contributed by atoms with Crippen LogP contribution in [0.15, 0.2) is 18.2 Å². The average Bonchev–Trinajstić information content (AvgIpc) is 2.51. The van der Waals surface area contributed by atoms with Crippen LogP contribution in [0.25, 0.3) is 0 Å². The van der Waals surface area contributed by atoms with Crippen molar-refractivity contribution >= 4 is 0 Å². The molecule has 1 aliphatic heterocycles. The second kappa shape index (κ2) is 6.17. The van der Waals surface area contributed by atoms with E-state index in [1.807, 2.05) is 0 Å². The summed E-state index contributed by atoms with van der Waals surface area (Å²) in [6, 6.07) is 7.41. The number of fused-ring (bicyclic) bond motifs is 3. The first-order chi connectivity index (χ1) is 9.85. The summed E-state index contributed by atoms with van der Waals surface area (Å²) in [5, 5.41) is 0. The van der Waals surface area contributed by atoms with E-state index in [4.69, 9.17) is 4.74 Å². The van der Waals surface area contributed by atoms with E-state index in [0.717, 1.165) is 17.7 Å². The van der Waals surface area contributed by atoms with Crippen molar-refractivity contribution < 1.29 is 4.74 Å². The second-order valence-electron chi connectivity index (χ2n) is 6.27. The topological polar surface area (TPSA) is 12.5 Å². The summed E-state index contributed by atoms with van der Waals surface area (Å²) in [4.78, 5) is 2.76. The van der Waals surface area contributed by atoms with Gasteiger partial charge in [0.25, 0.3) is 0 Å². The minimum absolute atomic E-state index is 0.736. The molecule has 0 bridgehead atoms. The summed E-state index contributed by atoms with van der Waals surface area (Å²) in [7, 11) is 1.80. The Bertz CT molecular complexity index is 457. The lowest BCUT2D eigenvalue weighted by Gasteiger charge is -2.45. The molecule has 1 fully saturated rings. The monoisotopic (exact) mass is 273 g/mol. The van der Waals surface area contributed by atoms with Gasteiger partial charge < -0.3 is 4.74 Å². The Kier molecular flexibility index (Phi) is 4.30. The first kappa shape index (κ1) is 13.9. The SMILES string of the molecule is CCCCN1CCC[C@H]2c3cccc(OC)c3CC[C@@H]21. The molecule has 1 saturated heterocycles. The zero-order chi connectivity index (χ0) is 13.9. The third-order valence-corrected chi connectivity index (χ3v) is 5.17. The van der Waals surface area contributed by atoms with Gasteiger partial charge in [-0.3, -0.25) is 4.90 Å². The highest BCUT2D eigenvalue weighted by Crippen LogP contribution is 2.43. The van der Waals surface area contributed by atoms with Gasteiger partial charge >= 0.3 is 0 Å². The first-order valence-electron chi connectivity index (χ1n) is 8.25. The standard InChI is InChI=1S/C18H27NO/c1-3-4-12-19-13-6-8-15-14-7-5-9-18(20-2)16(14)10-11-17(15)19/h5,7,9,15,17H,3-4,6,8,10-13H2,1-2H3/t15-,17-/m0/s1. The lowest BCUT2D eigenvalue weighted by molar-refractivity contribution is 0.110. The number of piperidine rings is 1. The Labute approximate surface area is 123 Å². The van der Waals surface area contributed by atoms with Gasteiger partial charge in [0.1, 0.15) is 5.75 Å². The molecule has 2 heteroatoms. The van der Waals surface area contributed by atoms with Crippen molar-refractivity contribution in [3.8, 4) is 5.75 Å². The molecule has 3 rings (SSSR count). The number of hydrogen-bond acceptors (Lipinski definition) is 2. The van der Waals surface area contributed by atoms with Crippen LogP contribution in [0.3, 0.4) is 0 Å². The molecule has 1 aliphatic carbocycles. The average molecular weight is 273 g/mol. The largest absolute Gasteiger partial charge is 0.496 e. The van der Waals surface area contributed by atoms with Crippen molar-refractivity contribution in [2.75, 3.05) is 20.2 Å². The van der Waals surface area contributed by atoms with Gasteiger partial charge in [-0.1, -0.05) is 25.5 Å². The molecule has 0 aromatic heterocycles. The molecule has 110 valence electrons. The number of nitrogens with zero attached hydrogens (tertiary/aromatic N) is 1. The maximum absolute atomic E-state index is 5.57. The zero-order valence-electron chi connectivity index (χ0n) is 12.9. The fourth-order valence-electron chi connectivity index (χ4n) is 4.19. The summed E-state index contributed by atoms with van der Waals surface area (Å²) in [5.74, 6) is 1.84. The molecule has 2 nitrogen and oxygen atoms in total. The molecule has 1 heterocycles. The van der Waals surface area contributed by atoms with Gasteiger partial charge in [0.15, 0.2) is 0 Å². The summed E-state index contributed by atoms with van der Waals surface area (Å²) in [5.41, 5.74) is 3.05. The molecule has 0 N–H and O–H groups in total. The predicted octanol–water partition coefficient (Wildman–Crippen LogP) is 3.99. The van der Waals surface area contributed by atoms with Crippen molar-refractivity contribution in [2.45, 2.75) is 57.4 Å². The van der Waals surface area contributed by atoms with Crippen LogP contribution in [0, 0.1) is 0 Å². The second-order valence-corrected chi connectivity index (χ2v) is 6.27. The van der Waals surface area contributed by atoms with Crippen LogP contribution in [0.1, 0.15) is 56.1 Å². The van der Waals surface area contributed by atoms with E-state index in [1.165, 1.54) is 57.2 Å². The molecule has 0 amide bonds. The van der Waals surface area contributed by atoms with Crippen LogP contribution >= 0.6 is 0 Å². The minimum Gasteiger partial charge on any atom is -0.496 e. The fourth-order valence-corrected chi connectivity index (χ4v) is 4.19. The van der Waals surface area contributed by atoms with E-state index in [0.29, 0.717) is 0 Å². The Hall–Kier alpha value is -1.02. The Morgan fingerprint density at radius 3 is 3.00 bits per heavy atom. The maximum Gasteiger partial charge on any atom is 0.122 e. The number of unbranched alkanes of at least 4 members (excludes halogenated alkanes) is 1. The van der Waals surface area contributed by atoms with E-state index in [-0.39, 0.29) is 0 Å². The zero-order valence-corrected chi connectivity index (χ0v) is 12.9. The van der Waals surface area contributed by atoms with E-state index in [9.17, 15) is 0 Å². The number of methoxy groups -OCH3 is 1. The maximum atomic E-state index is 5.57. The van der Waals surface area contributed by atoms with Crippen LogP contribution in [0.2, 0.25) is 0 Å². The molecular weight excluding hydrogens is 246 g/mol. The lowest BCUT2D eigenvalue weighted by atomic mass is 9.74. The summed E-state index contributed by atoms with van der Waals surface area (Å²) >= 11 is 0. The minimum atomic E-state index is 0.736. The lowest BCUT2D eigenvalue weighted by Crippen LogP contribution is -2.46. The highest BCUT2D eigenvalue weighted by Gasteiger charge is 2.36. The van der Waals surface area contributed by atoms with Crippen molar-refractivity contribution in [2.24, 2.45) is 0 Å². The van der Waals surface area contributed by atoms with Crippen LogP contribution in [0.5, 0.6) is 5.75 Å². The quantitative estimate of drug-likeness (QED) is 0.822. The van der Waals surface area contributed by atoms with Gasteiger partial charge in [-0.15, -0.1) is 0 Å². The molecule has 1 aromatic carbocycles. The first-order valence-corrected chi connectivity index (χ1v) is 8.25. The highest BCUT2D eigenvalue weighted by atomic mass is 16.5. The number of rotatable bonds is 4. The van der Waals surface area contributed by atoms with Crippen LogP contribution in [0.4, 0.5) is 0 Å². The van der Waals surface area contributed by atoms with Gasteiger partial charge in [0.2, 0.25) is 0 Å².